The van der Waals surface area contributed by atoms with E-state index in [0.29, 0.717) is 34.5 Å². The third kappa shape index (κ3) is 11.7. The first-order valence-corrected chi connectivity index (χ1v) is 14.4. The molecule has 0 spiro atoms. The summed E-state index contributed by atoms with van der Waals surface area (Å²) in [7, 11) is 9.81. The normalized spacial score (nSPS) is 14.1. The molecular formula is C33H50Cl2N2O6. The number of halogens is 2. The van der Waals surface area contributed by atoms with Gasteiger partial charge in [0, 0.05) is 13.1 Å². The first-order chi connectivity index (χ1) is 20.1. The van der Waals surface area contributed by atoms with Gasteiger partial charge in [0.15, 0.2) is 23.0 Å². The van der Waals surface area contributed by atoms with Gasteiger partial charge in [-0.2, -0.15) is 0 Å². The monoisotopic (exact) mass is 640 g/mol. The van der Waals surface area contributed by atoms with Crippen LogP contribution in [0.3, 0.4) is 0 Å². The summed E-state index contributed by atoms with van der Waals surface area (Å²) in [6.07, 6.45) is 14.3. The highest BCUT2D eigenvalue weighted by molar-refractivity contribution is 5.85. The summed E-state index contributed by atoms with van der Waals surface area (Å²) >= 11 is 0. The van der Waals surface area contributed by atoms with E-state index in [-0.39, 0.29) is 24.8 Å². The van der Waals surface area contributed by atoms with Gasteiger partial charge in [-0.05, 0) is 93.7 Å². The highest BCUT2D eigenvalue weighted by atomic mass is 35.5. The molecule has 3 rings (SSSR count). The number of unbranched alkanes of at least 4 members (excludes halogenated alkanes) is 2. The summed E-state index contributed by atoms with van der Waals surface area (Å²) in [4.78, 5) is 5.22. The summed E-state index contributed by atoms with van der Waals surface area (Å²) in [6.45, 7) is 6.88. The lowest BCUT2D eigenvalue weighted by Gasteiger charge is -2.21. The van der Waals surface area contributed by atoms with Crippen molar-refractivity contribution in [1.29, 1.82) is 0 Å². The van der Waals surface area contributed by atoms with Crippen LogP contribution < -0.4 is 28.4 Å². The van der Waals surface area contributed by atoms with E-state index in [1.54, 1.807) is 42.7 Å². The quantitative estimate of drug-likeness (QED) is 0.184. The van der Waals surface area contributed by atoms with Crippen LogP contribution in [-0.4, -0.2) is 91.7 Å². The number of benzene rings is 2. The Hall–Kier alpha value is -2.78. The first kappa shape index (κ1) is 38.2. The average Bonchev–Trinajstić information content (AvgIpc) is 3.24. The van der Waals surface area contributed by atoms with Crippen molar-refractivity contribution in [3.05, 3.63) is 47.5 Å². The second-order valence-corrected chi connectivity index (χ2v) is 10.0. The molecular weight excluding hydrogens is 591 g/mol. The number of nitrogens with zero attached hydrogens (tertiary/aromatic N) is 2. The van der Waals surface area contributed by atoms with Crippen molar-refractivity contribution >= 4 is 37.0 Å². The molecule has 10 heteroatoms. The molecule has 0 atom stereocenters. The molecule has 0 saturated carbocycles. The molecule has 1 aliphatic heterocycles. The van der Waals surface area contributed by atoms with Crippen LogP contribution in [0.4, 0.5) is 0 Å². The standard InChI is InChI=1S/C33H48N2O6.2ClH/c1-36-28-22-26(23-29(37-2)32(28)40-5)14-9-7-11-16-34-18-13-19-35(21-20-34)17-12-8-10-15-27-24-30(38-3)33(41-6)31(25-27)39-4;;/h9-10,14-15,22-25H,7-8,11-13,16-21H2,1-6H3;2*1H/b14-9-,15-10-;;. The van der Waals surface area contributed by atoms with Gasteiger partial charge in [0.1, 0.15) is 0 Å². The Morgan fingerprint density at radius 1 is 0.535 bits per heavy atom. The maximum atomic E-state index is 5.46. The van der Waals surface area contributed by atoms with Crippen LogP contribution in [-0.2, 0) is 0 Å². The summed E-state index contributed by atoms with van der Waals surface area (Å²) in [5.74, 6) is 3.94. The molecule has 0 aliphatic carbocycles. The highest BCUT2D eigenvalue weighted by Gasteiger charge is 2.15. The zero-order valence-corrected chi connectivity index (χ0v) is 28.2. The average molecular weight is 642 g/mol. The molecule has 0 bridgehead atoms. The van der Waals surface area contributed by atoms with E-state index < -0.39 is 0 Å². The van der Waals surface area contributed by atoms with E-state index >= 15 is 0 Å². The van der Waals surface area contributed by atoms with Crippen LogP contribution in [0.5, 0.6) is 34.5 Å². The van der Waals surface area contributed by atoms with E-state index in [0.717, 1.165) is 63.0 Å². The van der Waals surface area contributed by atoms with Crippen LogP contribution in [0, 0.1) is 0 Å². The lowest BCUT2D eigenvalue weighted by molar-refractivity contribution is 0.254. The van der Waals surface area contributed by atoms with Crippen LogP contribution in [0.2, 0.25) is 0 Å². The first-order valence-electron chi connectivity index (χ1n) is 14.4. The molecule has 0 radical (unpaired) electrons. The maximum absolute atomic E-state index is 5.46. The van der Waals surface area contributed by atoms with Crippen molar-refractivity contribution in [3.63, 3.8) is 0 Å². The third-order valence-corrected chi connectivity index (χ3v) is 7.37. The van der Waals surface area contributed by atoms with E-state index in [4.69, 9.17) is 28.4 Å². The molecule has 0 N–H and O–H groups in total. The Balaban J connectivity index is 0.00000462. The van der Waals surface area contributed by atoms with Crippen molar-refractivity contribution in [2.45, 2.75) is 32.1 Å². The predicted octanol–water partition coefficient (Wildman–Crippen LogP) is 6.88. The van der Waals surface area contributed by atoms with E-state index in [1.165, 1.54) is 19.5 Å². The minimum atomic E-state index is 0. The second-order valence-electron chi connectivity index (χ2n) is 10.0. The topological polar surface area (TPSA) is 61.9 Å². The van der Waals surface area contributed by atoms with E-state index in [1.807, 2.05) is 24.3 Å². The van der Waals surface area contributed by atoms with Gasteiger partial charge in [-0.15, -0.1) is 24.8 Å². The summed E-state index contributed by atoms with van der Waals surface area (Å²) in [5, 5.41) is 0. The van der Waals surface area contributed by atoms with Crippen molar-refractivity contribution < 1.29 is 28.4 Å². The van der Waals surface area contributed by atoms with E-state index in [2.05, 4.69) is 34.1 Å². The molecule has 242 valence electrons. The van der Waals surface area contributed by atoms with Crippen molar-refractivity contribution in [2.24, 2.45) is 0 Å². The fourth-order valence-electron chi connectivity index (χ4n) is 5.17. The van der Waals surface area contributed by atoms with Crippen LogP contribution in [0.1, 0.15) is 43.2 Å². The van der Waals surface area contributed by atoms with Gasteiger partial charge in [-0.3, -0.25) is 0 Å². The van der Waals surface area contributed by atoms with Gasteiger partial charge in [0.05, 0.1) is 42.7 Å². The third-order valence-electron chi connectivity index (χ3n) is 7.37. The van der Waals surface area contributed by atoms with Gasteiger partial charge < -0.3 is 38.2 Å². The molecule has 2 aromatic rings. The van der Waals surface area contributed by atoms with Gasteiger partial charge in [0.2, 0.25) is 11.5 Å². The molecule has 43 heavy (non-hydrogen) atoms. The van der Waals surface area contributed by atoms with Crippen LogP contribution in [0.25, 0.3) is 12.2 Å². The SMILES string of the molecule is COc1cc(/C=C\CCCN2CCCN(CCC/C=C\c3cc(OC)c(OC)c(OC)c3)CC2)cc(OC)c1OC.Cl.Cl. The lowest BCUT2D eigenvalue weighted by Crippen LogP contribution is -2.31. The molecule has 0 amide bonds. The molecule has 0 unspecified atom stereocenters. The van der Waals surface area contributed by atoms with Crippen molar-refractivity contribution in [2.75, 3.05) is 81.9 Å². The van der Waals surface area contributed by atoms with Crippen LogP contribution >= 0.6 is 24.8 Å². The molecule has 0 aromatic heterocycles. The fraction of sp³-hybridized carbons (Fsp3) is 0.515. The molecule has 1 heterocycles. The van der Waals surface area contributed by atoms with Crippen molar-refractivity contribution in [1.82, 2.24) is 9.80 Å². The Morgan fingerprint density at radius 3 is 1.19 bits per heavy atom. The summed E-state index contributed by atoms with van der Waals surface area (Å²) in [5.41, 5.74) is 2.09. The van der Waals surface area contributed by atoms with Crippen LogP contribution in [0.15, 0.2) is 36.4 Å². The minimum Gasteiger partial charge on any atom is -0.493 e. The Kier molecular flexibility index (Phi) is 18.7. The van der Waals surface area contributed by atoms with Gasteiger partial charge >= 0.3 is 0 Å². The zero-order chi connectivity index (χ0) is 29.5. The largest absolute Gasteiger partial charge is 0.493 e. The van der Waals surface area contributed by atoms with Gasteiger partial charge in [0.25, 0.3) is 0 Å². The number of methoxy groups -OCH3 is 6. The second kappa shape index (κ2) is 21.0. The smallest absolute Gasteiger partial charge is 0.203 e. The predicted molar refractivity (Wildman–Crippen MR) is 181 cm³/mol. The number of hydrogen-bond acceptors (Lipinski definition) is 8. The fourth-order valence-corrected chi connectivity index (χ4v) is 5.17. The Morgan fingerprint density at radius 2 is 0.884 bits per heavy atom. The molecule has 1 saturated heterocycles. The number of allylic oxidation sites excluding steroid dienone is 2. The Bertz CT molecular complexity index is 1010. The zero-order valence-electron chi connectivity index (χ0n) is 26.6. The lowest BCUT2D eigenvalue weighted by atomic mass is 10.1. The summed E-state index contributed by atoms with van der Waals surface area (Å²) in [6, 6.07) is 7.91. The number of rotatable bonds is 16. The molecule has 8 nitrogen and oxygen atoms in total. The Labute approximate surface area is 270 Å². The van der Waals surface area contributed by atoms with Gasteiger partial charge in [-0.1, -0.05) is 24.3 Å². The summed E-state index contributed by atoms with van der Waals surface area (Å²) < 4.78 is 32.7. The molecule has 1 aliphatic rings. The maximum Gasteiger partial charge on any atom is 0.203 e. The van der Waals surface area contributed by atoms with Crippen molar-refractivity contribution in [3.8, 4) is 34.5 Å². The number of ether oxygens (including phenoxy) is 6. The molecule has 2 aromatic carbocycles. The van der Waals surface area contributed by atoms with E-state index in [9.17, 15) is 0 Å². The van der Waals surface area contributed by atoms with Gasteiger partial charge in [-0.25, -0.2) is 0 Å². The number of hydrogen-bond donors (Lipinski definition) is 0. The highest BCUT2D eigenvalue weighted by Crippen LogP contribution is 2.39. The molecule has 1 fully saturated rings. The minimum absolute atomic E-state index is 0.